The maximum atomic E-state index is 8.01. The van der Waals surface area contributed by atoms with Gasteiger partial charge < -0.3 is 5.11 Å². The van der Waals surface area contributed by atoms with Crippen molar-refractivity contribution in [2.75, 3.05) is 0 Å². The Morgan fingerprint density at radius 2 is 2.00 bits per heavy atom. The molecule has 0 heterocycles. The Morgan fingerprint density at radius 1 is 1.57 bits per heavy atom. The third-order valence-electron chi connectivity index (χ3n) is 0.240. The molecule has 1 N–H and O–H groups in total. The topological polar surface area (TPSA) is 20.2 Å². The summed E-state index contributed by atoms with van der Waals surface area (Å²) in [6.45, 7) is 0. The van der Waals surface area contributed by atoms with Gasteiger partial charge in [-0.2, -0.15) is 0 Å². The number of aliphatic hydroxyl groups is 1. The maximum Gasteiger partial charge on any atom is 0.143 e. The maximum absolute atomic E-state index is 8.01. The third-order valence-corrected chi connectivity index (χ3v) is 1.76. The second-order valence-corrected chi connectivity index (χ2v) is 8.75. The molecule has 0 aliphatic heterocycles. The fourth-order valence-electron chi connectivity index (χ4n) is 0.0776. The number of halogens is 2. The summed E-state index contributed by atoms with van der Waals surface area (Å²) < 4.78 is -2.32. The zero-order chi connectivity index (χ0) is 5.91. The summed E-state index contributed by atoms with van der Waals surface area (Å²) in [6, 6.07) is 0. The second-order valence-electron chi connectivity index (χ2n) is 0.801. The van der Waals surface area contributed by atoms with Gasteiger partial charge in [-0.1, -0.05) is 34.3 Å². The Balaban J connectivity index is 3.82. The van der Waals surface area contributed by atoms with Gasteiger partial charge in [-0.05, 0) is 0 Å². The normalized spacial score (nSPS) is 12.9. The lowest BCUT2D eigenvalue weighted by atomic mass is 11.2. The Kier molecular flexibility index (Phi) is 3.25. The van der Waals surface area contributed by atoms with E-state index in [1.807, 2.05) is 0 Å². The summed E-state index contributed by atoms with van der Waals surface area (Å²) in [5, 5.41) is 8.01. The fourth-order valence-corrected chi connectivity index (χ4v) is 0.699. The van der Waals surface area contributed by atoms with E-state index in [-0.39, 0.29) is 0 Å². The zero-order valence-electron chi connectivity index (χ0n) is 3.21. The molecule has 0 aromatic rings. The predicted molar refractivity (Wildman–Crippen MR) is 37.8 cm³/mol. The standard InChI is InChI=1S/C2H3Cl2OPS/c3-6(4,7)2-1-5/h1-2,5H. The van der Waals surface area contributed by atoms with Crippen LogP contribution in [0.25, 0.3) is 0 Å². The highest BCUT2D eigenvalue weighted by Gasteiger charge is 1.98. The van der Waals surface area contributed by atoms with E-state index in [1.165, 1.54) is 5.82 Å². The van der Waals surface area contributed by atoms with Crippen molar-refractivity contribution >= 4 is 39.0 Å². The average Bonchev–Trinajstić information content (AvgIpc) is 1.30. The predicted octanol–water partition coefficient (Wildman–Crippen LogP) is 2.80. The van der Waals surface area contributed by atoms with Crippen LogP contribution < -0.4 is 0 Å². The number of hydrogen-bond donors (Lipinski definition) is 1. The van der Waals surface area contributed by atoms with Crippen LogP contribution in [0.2, 0.25) is 0 Å². The lowest BCUT2D eigenvalue weighted by Crippen LogP contribution is -1.46. The van der Waals surface area contributed by atoms with Gasteiger partial charge in [0, 0.05) is 5.82 Å². The highest BCUT2D eigenvalue weighted by Crippen LogP contribution is 2.58. The van der Waals surface area contributed by atoms with Gasteiger partial charge in [0.2, 0.25) is 0 Å². The van der Waals surface area contributed by atoms with E-state index in [2.05, 4.69) is 11.8 Å². The molecule has 5 heteroatoms. The van der Waals surface area contributed by atoms with Crippen molar-refractivity contribution in [3.63, 3.8) is 0 Å². The van der Waals surface area contributed by atoms with Gasteiger partial charge in [-0.15, -0.1) is 0 Å². The van der Waals surface area contributed by atoms with E-state index in [4.69, 9.17) is 27.6 Å². The van der Waals surface area contributed by atoms with E-state index >= 15 is 0 Å². The minimum atomic E-state index is -2.32. The van der Waals surface area contributed by atoms with E-state index in [0.29, 0.717) is 0 Å². The molecule has 0 atom stereocenters. The third kappa shape index (κ3) is 6.77. The first-order valence-electron chi connectivity index (χ1n) is 1.37. The lowest BCUT2D eigenvalue weighted by molar-refractivity contribution is 0.475. The molecule has 0 radical (unpaired) electrons. The first-order chi connectivity index (χ1) is 3.06. The van der Waals surface area contributed by atoms with Crippen LogP contribution in [-0.2, 0) is 11.8 Å². The van der Waals surface area contributed by atoms with Crippen LogP contribution in [0.15, 0.2) is 12.1 Å². The van der Waals surface area contributed by atoms with Crippen molar-refractivity contribution < 1.29 is 5.11 Å². The van der Waals surface area contributed by atoms with Crippen LogP contribution in [0, 0.1) is 0 Å². The van der Waals surface area contributed by atoms with Crippen LogP contribution in [0.1, 0.15) is 0 Å². The molecule has 0 unspecified atom stereocenters. The Morgan fingerprint density at radius 3 is 2.00 bits per heavy atom. The number of aliphatic hydroxyl groups excluding tert-OH is 1. The average molecular weight is 177 g/mol. The highest BCUT2D eigenvalue weighted by atomic mass is 35.9. The van der Waals surface area contributed by atoms with Gasteiger partial charge in [0.05, 0.1) is 6.26 Å². The quantitative estimate of drug-likeness (QED) is 0.490. The minimum absolute atomic E-state index is 0.765. The molecule has 1 nitrogen and oxygen atoms in total. The van der Waals surface area contributed by atoms with Gasteiger partial charge in [0.25, 0.3) is 0 Å². The van der Waals surface area contributed by atoms with E-state index in [9.17, 15) is 0 Å². The minimum Gasteiger partial charge on any atom is -0.515 e. The van der Waals surface area contributed by atoms with E-state index < -0.39 is 4.74 Å². The molecule has 0 aromatic carbocycles. The first-order valence-corrected chi connectivity index (χ1v) is 6.05. The molecule has 42 valence electrons. The highest BCUT2D eigenvalue weighted by molar-refractivity contribution is 8.40. The molecule has 0 aromatic heterocycles. The second kappa shape index (κ2) is 2.93. The Bertz CT molecular complexity index is 117. The molecule has 0 rings (SSSR count). The summed E-state index contributed by atoms with van der Waals surface area (Å²) in [4.78, 5) is 0. The molecule has 0 spiro atoms. The van der Waals surface area contributed by atoms with Crippen LogP contribution in [0.5, 0.6) is 0 Å². The molecule has 0 bridgehead atoms. The van der Waals surface area contributed by atoms with Crippen molar-refractivity contribution in [3.05, 3.63) is 12.1 Å². The molecule has 0 saturated carbocycles. The Labute approximate surface area is 56.5 Å². The summed E-state index contributed by atoms with van der Waals surface area (Å²) in [7, 11) is 0. The van der Waals surface area contributed by atoms with Gasteiger partial charge in [0.1, 0.15) is 4.74 Å². The van der Waals surface area contributed by atoms with Gasteiger partial charge in [-0.25, -0.2) is 0 Å². The summed E-state index contributed by atoms with van der Waals surface area (Å²) in [6.07, 6.45) is 0.765. The van der Waals surface area contributed by atoms with Crippen molar-refractivity contribution in [2.45, 2.75) is 0 Å². The van der Waals surface area contributed by atoms with Crippen molar-refractivity contribution in [1.82, 2.24) is 0 Å². The molecule has 0 amide bonds. The van der Waals surface area contributed by atoms with Crippen molar-refractivity contribution in [3.8, 4) is 0 Å². The van der Waals surface area contributed by atoms with Gasteiger partial charge >= 0.3 is 0 Å². The molecular weight excluding hydrogens is 174 g/mol. The van der Waals surface area contributed by atoms with Crippen LogP contribution in [0.4, 0.5) is 0 Å². The molecule has 0 fully saturated rings. The van der Waals surface area contributed by atoms with Crippen LogP contribution in [-0.4, -0.2) is 5.11 Å². The monoisotopic (exact) mass is 176 g/mol. The smallest absolute Gasteiger partial charge is 0.143 e. The van der Waals surface area contributed by atoms with E-state index in [0.717, 1.165) is 6.26 Å². The summed E-state index contributed by atoms with van der Waals surface area (Å²) in [5.74, 6) is 1.20. The van der Waals surface area contributed by atoms with Gasteiger partial charge in [0.15, 0.2) is 0 Å². The SMILES string of the molecule is OC=CP(=S)(Cl)Cl. The molecule has 7 heavy (non-hydrogen) atoms. The van der Waals surface area contributed by atoms with Gasteiger partial charge in [-0.3, -0.25) is 0 Å². The summed E-state index contributed by atoms with van der Waals surface area (Å²) in [5.41, 5.74) is 0. The zero-order valence-corrected chi connectivity index (χ0v) is 6.44. The van der Waals surface area contributed by atoms with Crippen LogP contribution >= 0.6 is 27.2 Å². The number of hydrogen-bond acceptors (Lipinski definition) is 2. The first kappa shape index (κ1) is 7.77. The largest absolute Gasteiger partial charge is 0.515 e. The summed E-state index contributed by atoms with van der Waals surface area (Å²) >= 11 is 15.0. The molecule has 0 aliphatic rings. The Hall–Kier alpha value is 0.770. The van der Waals surface area contributed by atoms with Crippen LogP contribution in [0.3, 0.4) is 0 Å². The number of rotatable bonds is 1. The molecular formula is C2H3Cl2OPS. The molecule has 0 aliphatic carbocycles. The van der Waals surface area contributed by atoms with E-state index in [1.54, 1.807) is 0 Å². The van der Waals surface area contributed by atoms with Crippen molar-refractivity contribution in [1.29, 1.82) is 0 Å². The molecule has 0 saturated heterocycles. The van der Waals surface area contributed by atoms with Crippen molar-refractivity contribution in [2.24, 2.45) is 0 Å². The lowest BCUT2D eigenvalue weighted by Gasteiger charge is -1.89. The fraction of sp³-hybridized carbons (Fsp3) is 0.